The van der Waals surface area contributed by atoms with Crippen LogP contribution in [0.4, 0.5) is 4.39 Å². The van der Waals surface area contributed by atoms with Crippen molar-refractivity contribution in [1.29, 1.82) is 0 Å². The minimum Gasteiger partial charge on any atom is -0.454 e. The summed E-state index contributed by atoms with van der Waals surface area (Å²) in [7, 11) is 0. The van der Waals surface area contributed by atoms with Crippen molar-refractivity contribution < 1.29 is 18.7 Å². The molecule has 1 N–H and O–H groups in total. The Hall–Kier alpha value is -4.47. The Morgan fingerprint density at radius 2 is 1.97 bits per heavy atom. The van der Waals surface area contributed by atoms with Crippen LogP contribution >= 0.6 is 0 Å². The van der Waals surface area contributed by atoms with Crippen LogP contribution in [0.15, 0.2) is 65.9 Å². The van der Waals surface area contributed by atoms with Gasteiger partial charge < -0.3 is 14.8 Å². The van der Waals surface area contributed by atoms with Crippen LogP contribution < -0.4 is 20.3 Å². The molecule has 0 fully saturated rings. The molecule has 0 bridgehead atoms. The molecule has 0 saturated heterocycles. The maximum atomic E-state index is 13.1. The van der Waals surface area contributed by atoms with Crippen LogP contribution in [-0.4, -0.2) is 38.6 Å². The second-order valence-corrected chi connectivity index (χ2v) is 7.65. The third-order valence-electron chi connectivity index (χ3n) is 5.34. The van der Waals surface area contributed by atoms with E-state index in [4.69, 9.17) is 9.47 Å². The van der Waals surface area contributed by atoms with E-state index in [1.807, 2.05) is 6.07 Å². The van der Waals surface area contributed by atoms with Crippen LogP contribution in [0.1, 0.15) is 11.1 Å². The Morgan fingerprint density at radius 3 is 2.82 bits per heavy atom. The molecule has 0 unspecified atom stereocenters. The summed E-state index contributed by atoms with van der Waals surface area (Å²) >= 11 is 0. The molecule has 172 valence electrons. The number of rotatable bonds is 7. The fraction of sp³-hybridized carbons (Fsp3) is 0.167. The number of carbonyl (C=O) groups is 1. The van der Waals surface area contributed by atoms with Crippen LogP contribution in [0.5, 0.6) is 11.5 Å². The highest BCUT2D eigenvalue weighted by atomic mass is 19.1. The van der Waals surface area contributed by atoms with Gasteiger partial charge in [-0.3, -0.25) is 14.2 Å². The standard InChI is InChI=1S/C24H20FN5O4/c25-18-5-1-17(2-6-18)13-29-14-27-23-19(24(29)32)12-28-30(23)10-9-26-22(31)8-4-16-3-7-20-21(11-16)34-15-33-20/h1-8,11-12,14H,9-10,13,15H2,(H,26,31)/b8-4-. The van der Waals surface area contributed by atoms with Gasteiger partial charge in [0.25, 0.3) is 5.56 Å². The summed E-state index contributed by atoms with van der Waals surface area (Å²) < 4.78 is 26.7. The lowest BCUT2D eigenvalue weighted by atomic mass is 10.2. The average Bonchev–Trinajstić information content (AvgIpc) is 3.48. The first-order valence-corrected chi connectivity index (χ1v) is 10.6. The molecule has 4 aromatic rings. The summed E-state index contributed by atoms with van der Waals surface area (Å²) in [6.45, 7) is 1.13. The van der Waals surface area contributed by atoms with Gasteiger partial charge in [-0.25, -0.2) is 14.1 Å². The summed E-state index contributed by atoms with van der Waals surface area (Å²) in [5.74, 6) is 0.742. The van der Waals surface area contributed by atoms with Gasteiger partial charge in [0.05, 0.1) is 19.3 Å². The molecule has 0 saturated carbocycles. The number of nitrogens with zero attached hydrogens (tertiary/aromatic N) is 4. The highest BCUT2D eigenvalue weighted by Crippen LogP contribution is 2.32. The first-order valence-electron chi connectivity index (χ1n) is 10.6. The molecular formula is C24H20FN5O4. The molecule has 0 spiro atoms. The van der Waals surface area contributed by atoms with Gasteiger partial charge in [0, 0.05) is 12.6 Å². The summed E-state index contributed by atoms with van der Waals surface area (Å²) in [6, 6.07) is 11.4. The Labute approximate surface area is 193 Å². The van der Waals surface area contributed by atoms with Crippen molar-refractivity contribution in [2.45, 2.75) is 13.1 Å². The Kier molecular flexibility index (Phi) is 5.77. The van der Waals surface area contributed by atoms with Gasteiger partial charge in [-0.05, 0) is 41.5 Å². The summed E-state index contributed by atoms with van der Waals surface area (Å²) in [4.78, 5) is 29.3. The molecule has 34 heavy (non-hydrogen) atoms. The van der Waals surface area contributed by atoms with Gasteiger partial charge in [0.15, 0.2) is 17.1 Å². The zero-order chi connectivity index (χ0) is 23.5. The minimum atomic E-state index is -0.332. The maximum absolute atomic E-state index is 13.1. The molecule has 0 radical (unpaired) electrons. The number of fused-ring (bicyclic) bond motifs is 2. The van der Waals surface area contributed by atoms with Gasteiger partial charge in [-0.1, -0.05) is 18.2 Å². The molecule has 1 aliphatic heterocycles. The quantitative estimate of drug-likeness (QED) is 0.424. The second kappa shape index (κ2) is 9.18. The van der Waals surface area contributed by atoms with E-state index in [9.17, 15) is 14.0 Å². The van der Waals surface area contributed by atoms with Crippen molar-refractivity contribution in [3.8, 4) is 11.5 Å². The average molecular weight is 461 g/mol. The number of hydrogen-bond donors (Lipinski definition) is 1. The number of carbonyl (C=O) groups excluding carboxylic acids is 1. The lowest BCUT2D eigenvalue weighted by Crippen LogP contribution is -2.26. The molecule has 0 aliphatic carbocycles. The SMILES string of the molecule is O=C(/C=C\c1ccc2c(c1)OCO2)NCCn1ncc2c(=O)n(Cc3ccc(F)cc3)cnc21. The van der Waals surface area contributed by atoms with Gasteiger partial charge >= 0.3 is 0 Å². The highest BCUT2D eigenvalue weighted by molar-refractivity contribution is 5.91. The maximum Gasteiger partial charge on any atom is 0.264 e. The molecule has 5 rings (SSSR count). The number of amides is 1. The molecule has 9 nitrogen and oxygen atoms in total. The van der Waals surface area contributed by atoms with Gasteiger partial charge in [0.1, 0.15) is 17.5 Å². The Bertz CT molecular complexity index is 1440. The number of benzene rings is 2. The van der Waals surface area contributed by atoms with Crippen molar-refractivity contribution in [3.63, 3.8) is 0 Å². The molecule has 2 aromatic heterocycles. The van der Waals surface area contributed by atoms with Crippen molar-refractivity contribution >= 4 is 23.0 Å². The predicted molar refractivity (Wildman–Crippen MR) is 122 cm³/mol. The van der Waals surface area contributed by atoms with Crippen LogP contribution in [0.3, 0.4) is 0 Å². The number of nitrogens with one attached hydrogen (secondary N) is 1. The number of aromatic nitrogens is 4. The van der Waals surface area contributed by atoms with Gasteiger partial charge in [0.2, 0.25) is 12.7 Å². The molecular weight excluding hydrogens is 441 g/mol. The van der Waals surface area contributed by atoms with Crippen molar-refractivity contribution in [2.75, 3.05) is 13.3 Å². The second-order valence-electron chi connectivity index (χ2n) is 7.65. The molecule has 10 heteroatoms. The van der Waals surface area contributed by atoms with Crippen molar-refractivity contribution in [3.05, 3.63) is 88.4 Å². The molecule has 2 aromatic carbocycles. The van der Waals surface area contributed by atoms with E-state index in [1.54, 1.807) is 35.0 Å². The lowest BCUT2D eigenvalue weighted by molar-refractivity contribution is -0.116. The zero-order valence-electron chi connectivity index (χ0n) is 18.0. The number of ether oxygens (including phenoxy) is 2. The van der Waals surface area contributed by atoms with E-state index in [0.717, 1.165) is 11.1 Å². The van der Waals surface area contributed by atoms with Crippen molar-refractivity contribution in [2.24, 2.45) is 0 Å². The van der Waals surface area contributed by atoms with E-state index in [2.05, 4.69) is 15.4 Å². The van der Waals surface area contributed by atoms with E-state index in [1.165, 1.54) is 35.3 Å². The van der Waals surface area contributed by atoms with E-state index in [0.29, 0.717) is 35.6 Å². The predicted octanol–water partition coefficient (Wildman–Crippen LogP) is 2.34. The molecule has 1 aliphatic rings. The molecule has 3 heterocycles. The lowest BCUT2D eigenvalue weighted by Gasteiger charge is -2.07. The third kappa shape index (κ3) is 4.51. The third-order valence-corrected chi connectivity index (χ3v) is 5.34. The van der Waals surface area contributed by atoms with E-state index < -0.39 is 0 Å². The van der Waals surface area contributed by atoms with Gasteiger partial charge in [-0.2, -0.15) is 5.10 Å². The Balaban J connectivity index is 1.19. The van der Waals surface area contributed by atoms with Crippen LogP contribution in [0, 0.1) is 5.82 Å². The monoisotopic (exact) mass is 461 g/mol. The smallest absolute Gasteiger partial charge is 0.264 e. The number of halogens is 1. The summed E-state index contributed by atoms with van der Waals surface area (Å²) in [5, 5.41) is 7.40. The van der Waals surface area contributed by atoms with Crippen LogP contribution in [0.2, 0.25) is 0 Å². The van der Waals surface area contributed by atoms with Gasteiger partial charge in [-0.15, -0.1) is 0 Å². The Morgan fingerprint density at radius 1 is 1.15 bits per heavy atom. The molecule has 0 atom stereocenters. The first-order chi connectivity index (χ1) is 16.6. The molecule has 1 amide bonds. The summed E-state index contributed by atoms with van der Waals surface area (Å²) in [6.07, 6.45) is 6.03. The fourth-order valence-electron chi connectivity index (χ4n) is 3.59. The largest absolute Gasteiger partial charge is 0.454 e. The minimum absolute atomic E-state index is 0.196. The van der Waals surface area contributed by atoms with Crippen LogP contribution in [-0.2, 0) is 17.9 Å². The van der Waals surface area contributed by atoms with Crippen LogP contribution in [0.25, 0.3) is 17.1 Å². The highest BCUT2D eigenvalue weighted by Gasteiger charge is 2.13. The van der Waals surface area contributed by atoms with Crippen molar-refractivity contribution in [1.82, 2.24) is 24.6 Å². The zero-order valence-corrected chi connectivity index (χ0v) is 18.0. The fourth-order valence-corrected chi connectivity index (χ4v) is 3.59. The normalized spacial score (nSPS) is 12.5. The topological polar surface area (TPSA) is 100 Å². The number of hydrogen-bond acceptors (Lipinski definition) is 6. The van der Waals surface area contributed by atoms with E-state index >= 15 is 0 Å². The first kappa shape index (κ1) is 21.4. The van der Waals surface area contributed by atoms with E-state index in [-0.39, 0.29) is 30.6 Å². The summed E-state index contributed by atoms with van der Waals surface area (Å²) in [5.41, 5.74) is 1.80.